The van der Waals surface area contributed by atoms with Crippen molar-refractivity contribution in [3.8, 4) is 11.1 Å². The number of pyridine rings is 1. The van der Waals surface area contributed by atoms with E-state index in [1.807, 2.05) is 0 Å². The van der Waals surface area contributed by atoms with Gasteiger partial charge in [0.2, 0.25) is 0 Å². The number of halogens is 4. The fourth-order valence-electron chi connectivity index (χ4n) is 2.68. The van der Waals surface area contributed by atoms with E-state index in [1.54, 1.807) is 0 Å². The normalized spacial score (nSPS) is 14.3. The van der Waals surface area contributed by atoms with Crippen molar-refractivity contribution in [2.24, 2.45) is 0 Å². The van der Waals surface area contributed by atoms with E-state index in [-0.39, 0.29) is 21.7 Å². The second kappa shape index (κ2) is 9.38. The SMILES string of the molecule is F[B-](F)(F)F.[2H]c1c(C(C)(C)C)[o+]c(C(C)(C)C)c([2H])c1-c1cc(C(C)(C)C)nc(C(C)(C)C)c1. The van der Waals surface area contributed by atoms with Crippen molar-refractivity contribution in [1.29, 1.82) is 0 Å². The predicted octanol–water partition coefficient (Wildman–Crippen LogP) is 9.11. The van der Waals surface area contributed by atoms with Gasteiger partial charge in [-0.2, -0.15) is 0 Å². The van der Waals surface area contributed by atoms with Gasteiger partial charge in [0.05, 0.1) is 13.6 Å². The molecule has 2 rings (SSSR count). The molecule has 186 valence electrons. The third-order valence-electron chi connectivity index (χ3n) is 4.69. The van der Waals surface area contributed by atoms with Crippen LogP contribution in [0.1, 0.15) is 109 Å². The third kappa shape index (κ3) is 9.46. The molecule has 33 heavy (non-hydrogen) atoms. The zero-order valence-corrected chi connectivity index (χ0v) is 22.1. The van der Waals surface area contributed by atoms with Gasteiger partial charge in [-0.1, -0.05) is 41.5 Å². The van der Waals surface area contributed by atoms with Gasteiger partial charge in [0, 0.05) is 34.3 Å². The summed E-state index contributed by atoms with van der Waals surface area (Å²) in [5, 5.41) is 0. The lowest BCUT2D eigenvalue weighted by Gasteiger charge is -2.25. The van der Waals surface area contributed by atoms with Gasteiger partial charge in [0.15, 0.2) is 0 Å². The van der Waals surface area contributed by atoms with Crippen molar-refractivity contribution in [2.75, 3.05) is 0 Å². The lowest BCUT2D eigenvalue weighted by Crippen LogP contribution is -2.20. The van der Waals surface area contributed by atoms with E-state index in [4.69, 9.17) is 12.1 Å². The molecule has 0 bridgehead atoms. The molecule has 0 amide bonds. The molecule has 0 unspecified atom stereocenters. The molecule has 7 heteroatoms. The van der Waals surface area contributed by atoms with Crippen molar-refractivity contribution in [3.05, 3.63) is 47.1 Å². The second-order valence-electron chi connectivity index (χ2n) is 12.5. The van der Waals surface area contributed by atoms with E-state index in [1.165, 1.54) is 0 Å². The van der Waals surface area contributed by atoms with Crippen molar-refractivity contribution >= 4 is 7.25 Å². The minimum Gasteiger partial charge on any atom is -0.418 e. The smallest absolute Gasteiger partial charge is 0.418 e. The molecule has 0 aliphatic heterocycles. The maximum Gasteiger partial charge on any atom is 0.673 e. The highest BCUT2D eigenvalue weighted by Crippen LogP contribution is 2.36. The lowest BCUT2D eigenvalue weighted by molar-refractivity contribution is 0.329. The Morgan fingerprint density at radius 1 is 0.636 bits per heavy atom. The van der Waals surface area contributed by atoms with Crippen LogP contribution in [-0.2, 0) is 21.7 Å². The summed E-state index contributed by atoms with van der Waals surface area (Å²) >= 11 is 0. The van der Waals surface area contributed by atoms with Crippen LogP contribution in [0, 0.1) is 0 Å². The Kier molecular flexibility index (Phi) is 7.31. The quantitative estimate of drug-likeness (QED) is 0.235. The minimum absolute atomic E-state index is 0.140. The van der Waals surface area contributed by atoms with Gasteiger partial charge in [0.25, 0.3) is 0 Å². The van der Waals surface area contributed by atoms with Crippen LogP contribution in [0.2, 0.25) is 0 Å². The number of hydrogen-bond acceptors (Lipinski definition) is 1. The first kappa shape index (κ1) is 25.7. The molecule has 0 aliphatic carbocycles. The topological polar surface area (TPSA) is 24.2 Å². The van der Waals surface area contributed by atoms with Gasteiger partial charge in [-0.15, -0.1) is 0 Å². The molecule has 2 heterocycles. The third-order valence-corrected chi connectivity index (χ3v) is 4.69. The molecule has 0 radical (unpaired) electrons. The van der Waals surface area contributed by atoms with E-state index in [0.29, 0.717) is 29.2 Å². The van der Waals surface area contributed by atoms with Crippen LogP contribution in [0.4, 0.5) is 17.3 Å². The van der Waals surface area contributed by atoms with E-state index in [9.17, 15) is 17.3 Å². The molecular formula is C26H40BF4NO. The Hall–Kier alpha value is -1.92. The van der Waals surface area contributed by atoms with Crippen LogP contribution in [0.5, 0.6) is 0 Å². The van der Waals surface area contributed by atoms with Crippen LogP contribution in [-0.4, -0.2) is 12.2 Å². The van der Waals surface area contributed by atoms with Crippen molar-refractivity contribution in [1.82, 2.24) is 4.98 Å². The fourth-order valence-corrected chi connectivity index (χ4v) is 2.68. The average Bonchev–Trinajstić information content (AvgIpc) is 2.56. The second-order valence-corrected chi connectivity index (χ2v) is 12.5. The van der Waals surface area contributed by atoms with E-state index >= 15 is 0 Å². The van der Waals surface area contributed by atoms with Gasteiger partial charge in [0.1, 0.15) is 0 Å². The molecule has 0 fully saturated rings. The summed E-state index contributed by atoms with van der Waals surface area (Å²) in [5.74, 6) is 1.23. The van der Waals surface area contributed by atoms with Gasteiger partial charge in [-0.25, -0.2) is 4.42 Å². The minimum atomic E-state index is -6.00. The van der Waals surface area contributed by atoms with E-state index < -0.39 is 7.25 Å². The fraction of sp³-hybridized carbons (Fsp3) is 0.615. The Labute approximate surface area is 200 Å². The molecule has 2 aromatic rings. The summed E-state index contributed by atoms with van der Waals surface area (Å²) < 4.78 is 63.2. The summed E-state index contributed by atoms with van der Waals surface area (Å²) in [6, 6.07) is 4.71. The summed E-state index contributed by atoms with van der Waals surface area (Å²) in [4.78, 5) is 4.96. The molecule has 0 atom stereocenters. The molecule has 0 saturated carbocycles. The van der Waals surface area contributed by atoms with Gasteiger partial charge >= 0.3 is 18.8 Å². The van der Waals surface area contributed by atoms with Crippen LogP contribution in [0.15, 0.2) is 28.6 Å². The number of hydrogen-bond donors (Lipinski definition) is 0. The summed E-state index contributed by atoms with van der Waals surface area (Å²) in [7, 11) is -6.00. The van der Waals surface area contributed by atoms with Gasteiger partial charge < -0.3 is 17.3 Å². The van der Waals surface area contributed by atoms with Crippen LogP contribution in [0.25, 0.3) is 11.1 Å². The zero-order valence-electron chi connectivity index (χ0n) is 24.1. The first-order chi connectivity index (χ1) is 15.2. The maximum atomic E-state index is 9.75. The summed E-state index contributed by atoms with van der Waals surface area (Å²) in [6.45, 7) is 25.2. The lowest BCUT2D eigenvalue weighted by atomic mass is 9.84. The van der Waals surface area contributed by atoms with E-state index in [0.717, 1.165) is 17.0 Å². The maximum absolute atomic E-state index is 9.75. The first-order valence-electron chi connectivity index (χ1n) is 12.1. The Bertz CT molecular complexity index is 981. The van der Waals surface area contributed by atoms with Crippen LogP contribution < -0.4 is 0 Å². The van der Waals surface area contributed by atoms with Gasteiger partial charge in [-0.05, 0) is 64.8 Å². The number of rotatable bonds is 1. The Morgan fingerprint density at radius 2 is 0.939 bits per heavy atom. The predicted molar refractivity (Wildman–Crippen MR) is 131 cm³/mol. The highest BCUT2D eigenvalue weighted by atomic mass is 19.5. The van der Waals surface area contributed by atoms with Crippen molar-refractivity contribution in [2.45, 2.75) is 105 Å². The van der Waals surface area contributed by atoms with Gasteiger partial charge in [-0.3, -0.25) is 4.98 Å². The molecule has 0 aromatic carbocycles. The average molecular weight is 471 g/mol. The molecule has 2 aromatic heterocycles. The summed E-state index contributed by atoms with van der Waals surface area (Å²) in [6.07, 6.45) is 0. The first-order valence-corrected chi connectivity index (χ1v) is 11.1. The number of aromatic nitrogens is 1. The Balaban J connectivity index is 0.00000111. The Morgan fingerprint density at radius 3 is 1.18 bits per heavy atom. The van der Waals surface area contributed by atoms with Crippen LogP contribution >= 0.6 is 0 Å². The zero-order chi connectivity index (χ0) is 27.9. The molecule has 2 nitrogen and oxygen atoms in total. The van der Waals surface area contributed by atoms with Crippen LogP contribution in [0.3, 0.4) is 0 Å². The molecule has 0 N–H and O–H groups in total. The summed E-state index contributed by atoms with van der Waals surface area (Å²) in [5.41, 5.74) is 2.49. The standard InChI is InChI=1S/C26H40NO.BF4/c1-23(2,3)19-13-17(14-20(27-19)24(4,5)6)18-15-21(25(7,8)9)28-22(16-18)26(10,11)12;2-1(3,4)5/h13-16H,1-12H3;/q+1;-1/i15D,16D;. The highest BCUT2D eigenvalue weighted by Gasteiger charge is 2.34. The van der Waals surface area contributed by atoms with Crippen molar-refractivity contribution in [3.63, 3.8) is 0 Å². The molecule has 0 saturated heterocycles. The number of nitrogens with zero attached hydrogens (tertiary/aromatic N) is 1. The van der Waals surface area contributed by atoms with E-state index in [2.05, 4.69) is 95.2 Å². The largest absolute Gasteiger partial charge is 0.673 e. The molecule has 0 spiro atoms. The highest BCUT2D eigenvalue weighted by molar-refractivity contribution is 6.50. The molecular weight excluding hydrogens is 429 g/mol. The van der Waals surface area contributed by atoms with Crippen molar-refractivity contribution < 1.29 is 24.4 Å². The molecule has 0 aliphatic rings. The monoisotopic (exact) mass is 471 g/mol.